The molecule has 0 radical (unpaired) electrons. The van der Waals surface area contributed by atoms with E-state index in [0.717, 1.165) is 5.56 Å². The second-order valence-corrected chi connectivity index (χ2v) is 4.64. The Kier molecular flexibility index (Phi) is 3.50. The first kappa shape index (κ1) is 12.5. The Morgan fingerprint density at radius 1 is 1.05 bits per heavy atom. The zero-order valence-electron chi connectivity index (χ0n) is 11.0. The Hall–Kier alpha value is -2.55. The second kappa shape index (κ2) is 5.61. The lowest BCUT2D eigenvalue weighted by Gasteiger charge is -2.08. The van der Waals surface area contributed by atoms with E-state index in [0.29, 0.717) is 18.0 Å². The van der Waals surface area contributed by atoms with Crippen LogP contribution in [0.15, 0.2) is 72.6 Å². The van der Waals surface area contributed by atoms with Crippen LogP contribution in [0.1, 0.15) is 22.0 Å². The standard InChI is InChI=1S/C17H15NO2/c19-15(13-7-3-1-4-8-13)11-17-18-12-16(20-17)14-9-5-2-6-10-14/h1-11,16,18H,12H2/b17-11-/t16-/m0/s1. The summed E-state index contributed by atoms with van der Waals surface area (Å²) in [6.07, 6.45) is 1.48. The number of rotatable bonds is 3. The van der Waals surface area contributed by atoms with Crippen molar-refractivity contribution in [1.82, 2.24) is 5.32 Å². The molecule has 3 nitrogen and oxygen atoms in total. The van der Waals surface area contributed by atoms with Gasteiger partial charge < -0.3 is 10.1 Å². The normalized spacial score (nSPS) is 19.4. The number of allylic oxidation sites excluding steroid dienone is 1. The number of nitrogens with one attached hydrogen (secondary N) is 1. The van der Waals surface area contributed by atoms with Crippen LogP contribution in [0, 0.1) is 0 Å². The van der Waals surface area contributed by atoms with Gasteiger partial charge in [0.15, 0.2) is 11.7 Å². The van der Waals surface area contributed by atoms with Gasteiger partial charge >= 0.3 is 0 Å². The van der Waals surface area contributed by atoms with E-state index in [2.05, 4.69) is 5.32 Å². The van der Waals surface area contributed by atoms with Crippen LogP contribution >= 0.6 is 0 Å². The predicted octanol–water partition coefficient (Wildman–Crippen LogP) is 3.07. The third-order valence-corrected chi connectivity index (χ3v) is 3.22. The van der Waals surface area contributed by atoms with Gasteiger partial charge in [-0.1, -0.05) is 60.7 Å². The van der Waals surface area contributed by atoms with Crippen molar-refractivity contribution >= 4 is 5.78 Å². The molecule has 1 heterocycles. The average Bonchev–Trinajstić information content (AvgIpc) is 2.97. The smallest absolute Gasteiger partial charge is 0.191 e. The summed E-state index contributed by atoms with van der Waals surface area (Å²) in [7, 11) is 0. The molecule has 1 atom stereocenters. The predicted molar refractivity (Wildman–Crippen MR) is 77.1 cm³/mol. The van der Waals surface area contributed by atoms with Gasteiger partial charge in [0.2, 0.25) is 0 Å². The fraction of sp³-hybridized carbons (Fsp3) is 0.118. The van der Waals surface area contributed by atoms with E-state index in [1.807, 2.05) is 48.5 Å². The molecule has 2 aromatic rings. The monoisotopic (exact) mass is 265 g/mol. The van der Waals surface area contributed by atoms with Crippen molar-refractivity contribution in [3.05, 3.63) is 83.7 Å². The van der Waals surface area contributed by atoms with Crippen LogP contribution in [-0.4, -0.2) is 12.3 Å². The molecule has 0 aromatic heterocycles. The van der Waals surface area contributed by atoms with Crippen LogP contribution < -0.4 is 5.32 Å². The highest BCUT2D eigenvalue weighted by atomic mass is 16.5. The second-order valence-electron chi connectivity index (χ2n) is 4.64. The Labute approximate surface area is 117 Å². The van der Waals surface area contributed by atoms with Gasteiger partial charge in [-0.3, -0.25) is 4.79 Å². The lowest BCUT2D eigenvalue weighted by molar-refractivity contribution is 0.103. The fourth-order valence-corrected chi connectivity index (χ4v) is 2.17. The molecule has 3 rings (SSSR count). The van der Waals surface area contributed by atoms with Crippen LogP contribution in [0.5, 0.6) is 0 Å². The third kappa shape index (κ3) is 2.72. The largest absolute Gasteiger partial charge is 0.469 e. The van der Waals surface area contributed by atoms with E-state index in [9.17, 15) is 4.79 Å². The van der Waals surface area contributed by atoms with Crippen molar-refractivity contribution in [2.24, 2.45) is 0 Å². The van der Waals surface area contributed by atoms with Crippen LogP contribution in [0.3, 0.4) is 0 Å². The number of benzene rings is 2. The molecule has 0 bridgehead atoms. The molecule has 1 N–H and O–H groups in total. The molecular weight excluding hydrogens is 250 g/mol. The van der Waals surface area contributed by atoms with Gasteiger partial charge in [-0.05, 0) is 5.56 Å². The van der Waals surface area contributed by atoms with Crippen LogP contribution in [0.4, 0.5) is 0 Å². The summed E-state index contributed by atoms with van der Waals surface area (Å²) in [5.41, 5.74) is 1.77. The molecule has 1 aliphatic rings. The summed E-state index contributed by atoms with van der Waals surface area (Å²) >= 11 is 0. The van der Waals surface area contributed by atoms with Crippen molar-refractivity contribution in [2.45, 2.75) is 6.10 Å². The molecule has 1 saturated heterocycles. The van der Waals surface area contributed by atoms with Gasteiger partial charge in [0.1, 0.15) is 6.10 Å². The minimum absolute atomic E-state index is 0.0361. The molecular formula is C17H15NO2. The minimum Gasteiger partial charge on any atom is -0.469 e. The Morgan fingerprint density at radius 2 is 1.70 bits per heavy atom. The molecule has 0 saturated carbocycles. The number of carbonyl (C=O) groups excluding carboxylic acids is 1. The molecule has 20 heavy (non-hydrogen) atoms. The molecule has 0 unspecified atom stereocenters. The van der Waals surface area contributed by atoms with Crippen molar-refractivity contribution < 1.29 is 9.53 Å². The zero-order chi connectivity index (χ0) is 13.8. The number of hydrogen-bond donors (Lipinski definition) is 1. The summed E-state index contributed by atoms with van der Waals surface area (Å²) in [6.45, 7) is 0.678. The number of ketones is 1. The molecule has 1 aliphatic heterocycles. The molecule has 0 spiro atoms. The van der Waals surface area contributed by atoms with E-state index < -0.39 is 0 Å². The first-order valence-corrected chi connectivity index (χ1v) is 6.59. The number of hydrogen-bond acceptors (Lipinski definition) is 3. The van der Waals surface area contributed by atoms with Crippen LogP contribution in [0.2, 0.25) is 0 Å². The molecule has 100 valence electrons. The summed E-state index contributed by atoms with van der Waals surface area (Å²) in [5, 5.41) is 3.12. The van der Waals surface area contributed by atoms with Gasteiger partial charge in [-0.25, -0.2) is 0 Å². The molecule has 0 amide bonds. The lowest BCUT2D eigenvalue weighted by Crippen LogP contribution is -2.08. The first-order chi connectivity index (χ1) is 9.83. The van der Waals surface area contributed by atoms with Crippen molar-refractivity contribution in [3.8, 4) is 0 Å². The molecule has 1 fully saturated rings. The maximum absolute atomic E-state index is 12.0. The number of ether oxygens (including phenoxy) is 1. The maximum atomic E-state index is 12.0. The summed E-state index contributed by atoms with van der Waals surface area (Å²) in [5.74, 6) is 0.481. The van der Waals surface area contributed by atoms with E-state index in [1.165, 1.54) is 6.08 Å². The Balaban J connectivity index is 1.71. The van der Waals surface area contributed by atoms with Crippen molar-refractivity contribution in [2.75, 3.05) is 6.54 Å². The first-order valence-electron chi connectivity index (χ1n) is 6.59. The number of carbonyl (C=O) groups is 1. The Bertz CT molecular complexity index is 620. The molecule has 2 aromatic carbocycles. The average molecular weight is 265 g/mol. The summed E-state index contributed by atoms with van der Waals surface area (Å²) in [4.78, 5) is 12.0. The summed E-state index contributed by atoms with van der Waals surface area (Å²) in [6, 6.07) is 19.2. The van der Waals surface area contributed by atoms with E-state index in [4.69, 9.17) is 4.74 Å². The van der Waals surface area contributed by atoms with Gasteiger partial charge in [0, 0.05) is 11.6 Å². The Morgan fingerprint density at radius 3 is 2.40 bits per heavy atom. The van der Waals surface area contributed by atoms with Gasteiger partial charge in [-0.15, -0.1) is 0 Å². The quantitative estimate of drug-likeness (QED) is 0.684. The highest BCUT2D eigenvalue weighted by Crippen LogP contribution is 2.24. The van der Waals surface area contributed by atoms with Crippen molar-refractivity contribution in [1.29, 1.82) is 0 Å². The fourth-order valence-electron chi connectivity index (χ4n) is 2.17. The lowest BCUT2D eigenvalue weighted by atomic mass is 10.1. The van der Waals surface area contributed by atoms with Crippen molar-refractivity contribution in [3.63, 3.8) is 0 Å². The summed E-state index contributed by atoms with van der Waals surface area (Å²) < 4.78 is 5.77. The zero-order valence-corrected chi connectivity index (χ0v) is 11.0. The van der Waals surface area contributed by atoms with E-state index >= 15 is 0 Å². The van der Waals surface area contributed by atoms with Crippen LogP contribution in [0.25, 0.3) is 0 Å². The van der Waals surface area contributed by atoms with Gasteiger partial charge in [0.25, 0.3) is 0 Å². The third-order valence-electron chi connectivity index (χ3n) is 3.22. The highest BCUT2D eigenvalue weighted by Gasteiger charge is 2.22. The molecule has 0 aliphatic carbocycles. The minimum atomic E-state index is -0.0539. The molecule has 3 heteroatoms. The van der Waals surface area contributed by atoms with E-state index in [1.54, 1.807) is 12.1 Å². The van der Waals surface area contributed by atoms with Crippen LogP contribution in [-0.2, 0) is 4.74 Å². The highest BCUT2D eigenvalue weighted by molar-refractivity contribution is 6.04. The van der Waals surface area contributed by atoms with Gasteiger partial charge in [0.05, 0.1) is 6.54 Å². The topological polar surface area (TPSA) is 38.3 Å². The van der Waals surface area contributed by atoms with E-state index in [-0.39, 0.29) is 11.9 Å². The SMILES string of the molecule is O=C(/C=C1/NC[C@@H](c2ccccc2)O1)c1ccccc1. The maximum Gasteiger partial charge on any atom is 0.191 e. The van der Waals surface area contributed by atoms with Gasteiger partial charge in [-0.2, -0.15) is 0 Å².